The van der Waals surface area contributed by atoms with Gasteiger partial charge < -0.3 is 15.5 Å². The normalized spacial score (nSPS) is 13.6. The highest BCUT2D eigenvalue weighted by molar-refractivity contribution is 5.85. The number of aromatic nitrogens is 1. The van der Waals surface area contributed by atoms with Gasteiger partial charge in [0.25, 0.3) is 0 Å². The molecule has 0 aliphatic heterocycles. The van der Waals surface area contributed by atoms with Crippen molar-refractivity contribution in [3.63, 3.8) is 0 Å². The maximum atomic E-state index is 12.0. The van der Waals surface area contributed by atoms with Gasteiger partial charge in [-0.3, -0.25) is 4.79 Å². The van der Waals surface area contributed by atoms with Crippen LogP contribution in [0.3, 0.4) is 0 Å². The molecule has 1 aromatic heterocycles. The van der Waals surface area contributed by atoms with Crippen LogP contribution in [0.25, 0.3) is 11.5 Å². The Morgan fingerprint density at radius 3 is 2.70 bits per heavy atom. The lowest BCUT2D eigenvalue weighted by atomic mass is 9.96. The number of rotatable bonds is 7. The molecule has 1 aromatic carbocycles. The van der Waals surface area contributed by atoms with E-state index in [1.165, 1.54) is 5.56 Å². The highest BCUT2D eigenvalue weighted by Gasteiger charge is 2.26. The molecule has 3 N–H and O–H groups in total. The Morgan fingerprint density at radius 2 is 2.04 bits per heavy atom. The number of hydrogen-bond donors (Lipinski definition) is 2. The van der Waals surface area contributed by atoms with Crippen LogP contribution in [0.15, 0.2) is 34.9 Å². The molecular weight excluding hydrogens is 290 g/mol. The summed E-state index contributed by atoms with van der Waals surface area (Å²) in [5, 5.41) is 2.87. The van der Waals surface area contributed by atoms with Crippen molar-refractivity contribution in [2.45, 2.75) is 45.6 Å². The molecule has 0 radical (unpaired) electrons. The Bertz CT molecular complexity index is 645. The third kappa shape index (κ3) is 4.66. The van der Waals surface area contributed by atoms with Crippen molar-refractivity contribution in [3.8, 4) is 11.5 Å². The highest BCUT2D eigenvalue weighted by atomic mass is 16.3. The van der Waals surface area contributed by atoms with E-state index in [-0.39, 0.29) is 5.91 Å². The molecule has 0 saturated carbocycles. The molecule has 5 nitrogen and oxygen atoms in total. The van der Waals surface area contributed by atoms with E-state index in [2.05, 4.69) is 10.3 Å². The van der Waals surface area contributed by atoms with Gasteiger partial charge in [0.2, 0.25) is 11.8 Å². The summed E-state index contributed by atoms with van der Waals surface area (Å²) in [4.78, 5) is 16.5. The molecule has 0 aliphatic rings. The summed E-state index contributed by atoms with van der Waals surface area (Å²) in [6.07, 6.45) is 3.79. The molecule has 0 saturated heterocycles. The van der Waals surface area contributed by atoms with E-state index in [4.69, 9.17) is 10.2 Å². The van der Waals surface area contributed by atoms with Crippen LogP contribution in [-0.4, -0.2) is 23.0 Å². The Kier molecular flexibility index (Phi) is 5.55. The molecule has 23 heavy (non-hydrogen) atoms. The molecule has 0 bridgehead atoms. The smallest absolute Gasteiger partial charge is 0.239 e. The number of nitrogens with zero attached hydrogens (tertiary/aromatic N) is 1. The SMILES string of the molecule is CCCC(C)(N)C(=O)NCCc1coc(-c2ccc(C)cc2)n1. The molecule has 1 amide bonds. The van der Waals surface area contributed by atoms with Gasteiger partial charge in [0.05, 0.1) is 11.2 Å². The van der Waals surface area contributed by atoms with E-state index in [0.717, 1.165) is 17.7 Å². The first-order chi connectivity index (χ1) is 10.9. The highest BCUT2D eigenvalue weighted by Crippen LogP contribution is 2.19. The minimum absolute atomic E-state index is 0.124. The Labute approximate surface area is 137 Å². The molecule has 1 atom stereocenters. The van der Waals surface area contributed by atoms with Crippen molar-refractivity contribution in [1.29, 1.82) is 0 Å². The molecule has 0 aliphatic carbocycles. The molecule has 5 heteroatoms. The standard InChI is InChI=1S/C18H25N3O2/c1-4-10-18(3,19)17(22)20-11-9-15-12-23-16(21-15)14-7-5-13(2)6-8-14/h5-8,12H,4,9-11,19H2,1-3H3,(H,20,22). The molecule has 124 valence electrons. The van der Waals surface area contributed by atoms with Crippen molar-refractivity contribution in [1.82, 2.24) is 10.3 Å². The van der Waals surface area contributed by atoms with Gasteiger partial charge >= 0.3 is 0 Å². The Morgan fingerprint density at radius 1 is 1.35 bits per heavy atom. The largest absolute Gasteiger partial charge is 0.444 e. The van der Waals surface area contributed by atoms with E-state index in [1.807, 2.05) is 38.1 Å². The van der Waals surface area contributed by atoms with Gasteiger partial charge in [-0.15, -0.1) is 0 Å². The number of hydrogen-bond acceptors (Lipinski definition) is 4. The van der Waals surface area contributed by atoms with Crippen LogP contribution in [0, 0.1) is 6.92 Å². The topological polar surface area (TPSA) is 81.2 Å². The summed E-state index contributed by atoms with van der Waals surface area (Å²) in [6.45, 7) is 6.31. The number of nitrogens with one attached hydrogen (secondary N) is 1. The predicted molar refractivity (Wildman–Crippen MR) is 90.9 cm³/mol. The van der Waals surface area contributed by atoms with E-state index < -0.39 is 5.54 Å². The predicted octanol–water partition coefficient (Wildman–Crippen LogP) is 2.83. The summed E-state index contributed by atoms with van der Waals surface area (Å²) < 4.78 is 5.51. The molecule has 1 unspecified atom stereocenters. The second-order valence-electron chi connectivity index (χ2n) is 6.18. The van der Waals surface area contributed by atoms with Gasteiger partial charge in [0.1, 0.15) is 6.26 Å². The number of nitrogens with two attached hydrogens (primary N) is 1. The first kappa shape index (κ1) is 17.2. The van der Waals surface area contributed by atoms with Gasteiger partial charge in [-0.25, -0.2) is 4.98 Å². The second kappa shape index (κ2) is 7.42. The van der Waals surface area contributed by atoms with Crippen LogP contribution in [0.5, 0.6) is 0 Å². The molecule has 0 fully saturated rings. The molecular formula is C18H25N3O2. The number of oxazole rings is 1. The number of benzene rings is 1. The average Bonchev–Trinajstić information content (AvgIpc) is 2.96. The fraction of sp³-hybridized carbons (Fsp3) is 0.444. The van der Waals surface area contributed by atoms with E-state index in [9.17, 15) is 4.79 Å². The summed E-state index contributed by atoms with van der Waals surface area (Å²) in [7, 11) is 0. The Hall–Kier alpha value is -2.14. The zero-order valence-corrected chi connectivity index (χ0v) is 14.1. The first-order valence-electron chi connectivity index (χ1n) is 8.01. The van der Waals surface area contributed by atoms with Crippen molar-refractivity contribution < 1.29 is 9.21 Å². The maximum absolute atomic E-state index is 12.0. The van der Waals surface area contributed by atoms with Crippen LogP contribution < -0.4 is 11.1 Å². The van der Waals surface area contributed by atoms with Crippen LogP contribution in [0.2, 0.25) is 0 Å². The van der Waals surface area contributed by atoms with E-state index in [0.29, 0.717) is 25.3 Å². The van der Waals surface area contributed by atoms with Crippen molar-refractivity contribution >= 4 is 5.91 Å². The van der Waals surface area contributed by atoms with Crippen molar-refractivity contribution in [3.05, 3.63) is 41.8 Å². The maximum Gasteiger partial charge on any atom is 0.239 e. The number of carbonyl (C=O) groups is 1. The molecule has 2 aromatic rings. The van der Waals surface area contributed by atoms with E-state index in [1.54, 1.807) is 13.2 Å². The zero-order chi connectivity index (χ0) is 16.9. The quantitative estimate of drug-likeness (QED) is 0.823. The minimum atomic E-state index is -0.814. The fourth-order valence-corrected chi connectivity index (χ4v) is 2.39. The number of carbonyl (C=O) groups excluding carboxylic acids is 1. The molecule has 0 spiro atoms. The third-order valence-corrected chi connectivity index (χ3v) is 3.81. The fourth-order valence-electron chi connectivity index (χ4n) is 2.39. The number of amides is 1. The second-order valence-corrected chi connectivity index (χ2v) is 6.18. The van der Waals surface area contributed by atoms with Crippen molar-refractivity contribution in [2.24, 2.45) is 5.73 Å². The van der Waals surface area contributed by atoms with Crippen LogP contribution in [0.4, 0.5) is 0 Å². The zero-order valence-electron chi connectivity index (χ0n) is 14.1. The van der Waals surface area contributed by atoms with Crippen LogP contribution in [0.1, 0.15) is 37.9 Å². The van der Waals surface area contributed by atoms with Crippen molar-refractivity contribution in [2.75, 3.05) is 6.54 Å². The van der Waals surface area contributed by atoms with Crippen LogP contribution in [-0.2, 0) is 11.2 Å². The lowest BCUT2D eigenvalue weighted by Crippen LogP contribution is -2.51. The van der Waals surface area contributed by atoms with Gasteiger partial charge in [-0.05, 0) is 32.4 Å². The molecule has 1 heterocycles. The lowest BCUT2D eigenvalue weighted by molar-refractivity contribution is -0.126. The minimum Gasteiger partial charge on any atom is -0.444 e. The van der Waals surface area contributed by atoms with Crippen LogP contribution >= 0.6 is 0 Å². The summed E-state index contributed by atoms with van der Waals surface area (Å²) in [5.41, 5.74) is 8.14. The van der Waals surface area contributed by atoms with Gasteiger partial charge in [0.15, 0.2) is 0 Å². The lowest BCUT2D eigenvalue weighted by Gasteiger charge is -2.22. The summed E-state index contributed by atoms with van der Waals surface area (Å²) in [6, 6.07) is 8.01. The van der Waals surface area contributed by atoms with E-state index >= 15 is 0 Å². The first-order valence-corrected chi connectivity index (χ1v) is 8.01. The Balaban J connectivity index is 1.88. The van der Waals surface area contributed by atoms with Gasteiger partial charge in [0, 0.05) is 18.5 Å². The van der Waals surface area contributed by atoms with Gasteiger partial charge in [-0.2, -0.15) is 0 Å². The monoisotopic (exact) mass is 315 g/mol. The van der Waals surface area contributed by atoms with Gasteiger partial charge in [-0.1, -0.05) is 31.0 Å². The summed E-state index contributed by atoms with van der Waals surface area (Å²) in [5.74, 6) is 0.475. The summed E-state index contributed by atoms with van der Waals surface area (Å²) >= 11 is 0. The molecule has 2 rings (SSSR count). The third-order valence-electron chi connectivity index (χ3n) is 3.81. The average molecular weight is 315 g/mol. The number of aryl methyl sites for hydroxylation is 1.